The second kappa shape index (κ2) is 8.78. The molecule has 196 valence electrons. The van der Waals surface area contributed by atoms with Gasteiger partial charge in [-0.15, -0.1) is 0 Å². The second-order valence-electron chi connectivity index (χ2n) is 10.8. The molecule has 4 aliphatic rings. The van der Waals surface area contributed by atoms with E-state index in [4.69, 9.17) is 0 Å². The number of aryl methyl sites for hydroxylation is 1. The molecule has 3 saturated carbocycles. The molecule has 2 amide bonds. The molecule has 2 heterocycles. The van der Waals surface area contributed by atoms with E-state index in [2.05, 4.69) is 15.0 Å². The summed E-state index contributed by atoms with van der Waals surface area (Å²) in [6, 6.07) is 10.5. The number of carboxylic acid groups (broad SMARTS) is 1. The molecular weight excluding hydrogens is 484 g/mol. The van der Waals surface area contributed by atoms with Crippen LogP contribution in [-0.2, 0) is 19.8 Å². The van der Waals surface area contributed by atoms with Crippen molar-refractivity contribution < 1.29 is 33.0 Å². The molecule has 8 nitrogen and oxygen atoms in total. The number of nitrogens with zero attached hydrogens (tertiary/aromatic N) is 2. The zero-order valence-corrected chi connectivity index (χ0v) is 20.8. The van der Waals surface area contributed by atoms with E-state index in [9.17, 15) is 28.3 Å². The summed E-state index contributed by atoms with van der Waals surface area (Å²) in [5.74, 6) is -2.45. The zero-order valence-electron chi connectivity index (χ0n) is 20.8. The van der Waals surface area contributed by atoms with Gasteiger partial charge in [-0.2, -0.15) is 8.78 Å². The maximum absolute atomic E-state index is 13.9. The molecule has 1 aromatic heterocycles. The number of hydrogen-bond acceptors (Lipinski definition) is 5. The third-order valence-corrected chi connectivity index (χ3v) is 8.23. The minimum absolute atomic E-state index is 0.00662. The Hall–Kier alpha value is -3.56. The molecule has 2 N–H and O–H groups in total. The maximum atomic E-state index is 13.9. The topological polar surface area (TPSA) is 109 Å². The van der Waals surface area contributed by atoms with Gasteiger partial charge in [-0.25, -0.2) is 4.98 Å². The van der Waals surface area contributed by atoms with E-state index in [1.165, 1.54) is 6.07 Å². The van der Waals surface area contributed by atoms with Crippen LogP contribution in [0, 0.1) is 24.2 Å². The van der Waals surface area contributed by atoms with Crippen LogP contribution in [0.25, 0.3) is 0 Å². The van der Waals surface area contributed by atoms with Crippen LogP contribution in [0.5, 0.6) is 5.88 Å². The van der Waals surface area contributed by atoms with E-state index in [1.807, 2.05) is 38.1 Å². The quantitative estimate of drug-likeness (QED) is 0.554. The highest BCUT2D eigenvalue weighted by Crippen LogP contribution is 2.69. The van der Waals surface area contributed by atoms with Crippen LogP contribution in [0.4, 0.5) is 14.5 Å². The first kappa shape index (κ1) is 25.1. The number of pyridine rings is 1. The summed E-state index contributed by atoms with van der Waals surface area (Å²) < 4.78 is 30.6. The minimum atomic E-state index is -3.12. The molecule has 2 bridgehead atoms. The van der Waals surface area contributed by atoms with Crippen molar-refractivity contribution in [3.05, 3.63) is 53.2 Å². The van der Waals surface area contributed by atoms with Crippen LogP contribution in [0.15, 0.2) is 36.4 Å². The fourth-order valence-corrected chi connectivity index (χ4v) is 6.12. The molecular formula is C27H29F2N3O5. The summed E-state index contributed by atoms with van der Waals surface area (Å²) in [5.41, 5.74) is 0.00702. The Morgan fingerprint density at radius 3 is 2.38 bits per heavy atom. The number of carboxylic acids is 1. The average Bonchev–Trinajstić information content (AvgIpc) is 2.72. The van der Waals surface area contributed by atoms with Gasteiger partial charge < -0.3 is 20.1 Å². The van der Waals surface area contributed by atoms with E-state index in [-0.39, 0.29) is 42.4 Å². The van der Waals surface area contributed by atoms with Crippen LogP contribution in [0.2, 0.25) is 0 Å². The predicted molar refractivity (Wildman–Crippen MR) is 129 cm³/mol. The molecule has 3 aliphatic carbocycles. The number of likely N-dealkylation sites (tertiary alicyclic amines) is 1. The van der Waals surface area contributed by atoms with Crippen LogP contribution >= 0.6 is 0 Å². The number of amides is 2. The number of nitrogens with one attached hydrogen (secondary N) is 1. The number of benzene rings is 1. The lowest BCUT2D eigenvalue weighted by Crippen LogP contribution is -2.74. The zero-order chi connectivity index (χ0) is 26.7. The Balaban J connectivity index is 1.45. The maximum Gasteiger partial charge on any atom is 0.388 e. The Bertz CT molecular complexity index is 1270. The van der Waals surface area contributed by atoms with E-state index in [1.54, 1.807) is 17.9 Å². The number of carbonyl (C=O) groups excluding carboxylic acids is 2. The minimum Gasteiger partial charge on any atom is -0.481 e. The first-order chi connectivity index (χ1) is 17.5. The summed E-state index contributed by atoms with van der Waals surface area (Å²) in [6.45, 7) is 2.63. The number of hydrogen-bond donors (Lipinski definition) is 2. The van der Waals surface area contributed by atoms with Gasteiger partial charge in [0, 0.05) is 18.8 Å². The van der Waals surface area contributed by atoms with Gasteiger partial charge in [-0.1, -0.05) is 38.1 Å². The smallest absolute Gasteiger partial charge is 0.388 e. The molecule has 1 atom stereocenters. The molecule has 2 aromatic rings. The summed E-state index contributed by atoms with van der Waals surface area (Å²) in [6.07, 6.45) is 1.03. The second-order valence-corrected chi connectivity index (χ2v) is 10.8. The number of halogens is 2. The number of aliphatic carboxylic acids is 1. The van der Waals surface area contributed by atoms with Crippen molar-refractivity contribution in [3.63, 3.8) is 0 Å². The molecule has 1 unspecified atom stereocenters. The van der Waals surface area contributed by atoms with E-state index < -0.39 is 35.2 Å². The lowest BCUT2D eigenvalue weighted by Gasteiger charge is -2.66. The summed E-state index contributed by atoms with van der Waals surface area (Å²) in [4.78, 5) is 44.5. The number of rotatable bonds is 8. The van der Waals surface area contributed by atoms with Crippen molar-refractivity contribution in [3.8, 4) is 5.88 Å². The van der Waals surface area contributed by atoms with Crippen molar-refractivity contribution in [1.29, 1.82) is 0 Å². The number of carbonyl (C=O) groups is 3. The standard InChI is InChI=1S/C27H29F2N3O5/c1-14(2)17-6-4-5-7-18(17)27(23(34)31-19-9-8-15(3)30-21(19)37-25(28)29)12-32(13-27)22(33)20-16-10-26(20,11-16)24(35)36/h4-9,14,16,20,25H,10-13H2,1-3H3,(H,31,34)(H,35,36). The molecule has 10 heteroatoms. The highest BCUT2D eigenvalue weighted by atomic mass is 19.3. The number of aromatic nitrogens is 1. The molecule has 4 fully saturated rings. The van der Waals surface area contributed by atoms with Crippen LogP contribution in [0.3, 0.4) is 0 Å². The van der Waals surface area contributed by atoms with Crippen molar-refractivity contribution in [2.24, 2.45) is 17.3 Å². The highest BCUT2D eigenvalue weighted by molar-refractivity contribution is 6.03. The molecule has 1 aromatic carbocycles. The molecule has 1 saturated heterocycles. The number of alkyl halides is 2. The van der Waals surface area contributed by atoms with Gasteiger partial charge in [0.1, 0.15) is 11.1 Å². The number of ether oxygens (including phenoxy) is 1. The molecule has 6 rings (SSSR count). The largest absolute Gasteiger partial charge is 0.481 e. The van der Waals surface area contributed by atoms with Gasteiger partial charge in [-0.05, 0) is 54.9 Å². The summed E-state index contributed by atoms with van der Waals surface area (Å²) >= 11 is 0. The Morgan fingerprint density at radius 2 is 1.81 bits per heavy atom. The molecule has 37 heavy (non-hydrogen) atoms. The Labute approximate surface area is 213 Å². The Kier molecular flexibility index (Phi) is 5.96. The first-order valence-corrected chi connectivity index (χ1v) is 12.3. The van der Waals surface area contributed by atoms with Crippen LogP contribution in [-0.4, -0.2) is 52.5 Å². The summed E-state index contributed by atoms with van der Waals surface area (Å²) in [5, 5.41) is 12.4. The fraction of sp³-hybridized carbons (Fsp3) is 0.481. The summed E-state index contributed by atoms with van der Waals surface area (Å²) in [7, 11) is 0. The first-order valence-electron chi connectivity index (χ1n) is 12.3. The predicted octanol–water partition coefficient (Wildman–Crippen LogP) is 3.94. The molecule has 0 spiro atoms. The van der Waals surface area contributed by atoms with E-state index in [0.29, 0.717) is 18.5 Å². The van der Waals surface area contributed by atoms with Crippen molar-refractivity contribution >= 4 is 23.5 Å². The van der Waals surface area contributed by atoms with Gasteiger partial charge >= 0.3 is 12.6 Å². The SMILES string of the molecule is Cc1ccc(NC(=O)C2(c3ccccc3C(C)C)CN(C(=O)C3C4CC3(C(=O)O)C4)C2)c(OC(F)F)n1. The lowest BCUT2D eigenvalue weighted by atomic mass is 9.37. The normalized spacial score (nSPS) is 25.1. The third-order valence-electron chi connectivity index (χ3n) is 8.23. The molecule has 0 radical (unpaired) electrons. The number of anilines is 1. The van der Waals surface area contributed by atoms with Gasteiger partial charge in [0.2, 0.25) is 17.7 Å². The van der Waals surface area contributed by atoms with Crippen molar-refractivity contribution in [2.45, 2.75) is 51.6 Å². The van der Waals surface area contributed by atoms with Crippen molar-refractivity contribution in [2.75, 3.05) is 18.4 Å². The van der Waals surface area contributed by atoms with Gasteiger partial charge in [0.05, 0.1) is 11.3 Å². The van der Waals surface area contributed by atoms with Crippen LogP contribution in [0.1, 0.15) is 49.4 Å². The van der Waals surface area contributed by atoms with Crippen LogP contribution < -0.4 is 10.1 Å². The van der Waals surface area contributed by atoms with E-state index >= 15 is 0 Å². The van der Waals surface area contributed by atoms with Gasteiger partial charge in [-0.3, -0.25) is 14.4 Å². The fourth-order valence-electron chi connectivity index (χ4n) is 6.12. The Morgan fingerprint density at radius 1 is 1.14 bits per heavy atom. The highest BCUT2D eigenvalue weighted by Gasteiger charge is 2.74. The molecule has 1 aliphatic heterocycles. The van der Waals surface area contributed by atoms with Gasteiger partial charge in [0.25, 0.3) is 0 Å². The lowest BCUT2D eigenvalue weighted by molar-refractivity contribution is -0.223. The average molecular weight is 514 g/mol. The van der Waals surface area contributed by atoms with Gasteiger partial charge in [0.15, 0.2) is 0 Å². The third kappa shape index (κ3) is 3.84. The van der Waals surface area contributed by atoms with Crippen molar-refractivity contribution in [1.82, 2.24) is 9.88 Å². The van der Waals surface area contributed by atoms with E-state index in [0.717, 1.165) is 11.1 Å². The monoisotopic (exact) mass is 513 g/mol.